The van der Waals surface area contributed by atoms with E-state index in [1.807, 2.05) is 6.07 Å². The first-order valence-electron chi connectivity index (χ1n) is 3.97. The van der Waals surface area contributed by atoms with Gasteiger partial charge in [0.05, 0.1) is 17.1 Å². The minimum absolute atomic E-state index is 0.450. The van der Waals surface area contributed by atoms with Crippen molar-refractivity contribution in [3.05, 3.63) is 18.5 Å². The Morgan fingerprint density at radius 2 is 2.07 bits per heavy atom. The lowest BCUT2D eigenvalue weighted by atomic mass is 10.2. The summed E-state index contributed by atoms with van der Waals surface area (Å²) in [7, 11) is 0. The third kappa shape index (κ3) is 0.882. The van der Waals surface area contributed by atoms with Gasteiger partial charge in [-0.05, 0) is 6.07 Å². The van der Waals surface area contributed by atoms with E-state index in [9.17, 15) is 0 Å². The summed E-state index contributed by atoms with van der Waals surface area (Å²) in [5, 5.41) is 17.5. The van der Waals surface area contributed by atoms with E-state index in [2.05, 4.69) is 20.4 Å². The van der Waals surface area contributed by atoms with Crippen LogP contribution in [0.25, 0.3) is 20.3 Å². The van der Waals surface area contributed by atoms with Crippen LogP contribution in [0, 0.1) is 0 Å². The molecule has 6 heteroatoms. The Bertz CT molecular complexity index is 617. The van der Waals surface area contributed by atoms with Crippen molar-refractivity contribution >= 4 is 37.5 Å². The van der Waals surface area contributed by atoms with Crippen LogP contribution in [0.15, 0.2) is 18.5 Å². The quantitative estimate of drug-likeness (QED) is 0.594. The van der Waals surface area contributed by atoms with Crippen LogP contribution in [0.2, 0.25) is 0 Å². The molecule has 3 heterocycles. The number of anilines is 1. The van der Waals surface area contributed by atoms with Gasteiger partial charge in [0.15, 0.2) is 5.82 Å². The molecule has 3 aromatic heterocycles. The normalized spacial score (nSPS) is 11.1. The highest BCUT2D eigenvalue weighted by Crippen LogP contribution is 2.33. The van der Waals surface area contributed by atoms with Crippen molar-refractivity contribution in [2.75, 3.05) is 5.73 Å². The van der Waals surface area contributed by atoms with Crippen molar-refractivity contribution in [1.82, 2.24) is 20.4 Å². The van der Waals surface area contributed by atoms with Gasteiger partial charge in [-0.3, -0.25) is 0 Å². The second kappa shape index (κ2) is 2.58. The predicted molar refractivity (Wildman–Crippen MR) is 54.9 cm³/mol. The van der Waals surface area contributed by atoms with Crippen molar-refractivity contribution in [3.63, 3.8) is 0 Å². The smallest absolute Gasteiger partial charge is 0.164 e. The number of nitrogens with zero attached hydrogens (tertiary/aromatic N) is 4. The first kappa shape index (κ1) is 7.57. The number of thiophene rings is 1. The number of hydrogen-bond acceptors (Lipinski definition) is 6. The Hall–Kier alpha value is -1.82. The van der Waals surface area contributed by atoms with Crippen LogP contribution < -0.4 is 5.73 Å². The highest BCUT2D eigenvalue weighted by molar-refractivity contribution is 7.25. The second-order valence-electron chi connectivity index (χ2n) is 2.82. The van der Waals surface area contributed by atoms with Crippen molar-refractivity contribution in [2.24, 2.45) is 0 Å². The summed E-state index contributed by atoms with van der Waals surface area (Å²) in [5.74, 6) is 0.450. The molecular weight excluding hydrogens is 198 g/mol. The van der Waals surface area contributed by atoms with E-state index in [4.69, 9.17) is 5.73 Å². The number of nitrogens with two attached hydrogens (primary N) is 1. The molecule has 2 N–H and O–H groups in total. The van der Waals surface area contributed by atoms with Gasteiger partial charge in [-0.2, -0.15) is 10.2 Å². The third-order valence-electron chi connectivity index (χ3n) is 2.01. The number of fused-ring (bicyclic) bond motifs is 3. The molecule has 0 saturated carbocycles. The lowest BCUT2D eigenvalue weighted by molar-refractivity contribution is 1.06. The maximum absolute atomic E-state index is 5.71. The molecule has 5 nitrogen and oxygen atoms in total. The van der Waals surface area contributed by atoms with E-state index in [-0.39, 0.29) is 0 Å². The zero-order chi connectivity index (χ0) is 9.54. The lowest BCUT2D eigenvalue weighted by Gasteiger charge is -1.90. The Labute approximate surface area is 82.6 Å². The standard InChI is InChI=1S/C8H5N5S/c9-7-6-5(3-11-12-7)4-1-2-10-13-8(4)14-6/h1-3H,(H2,9,12). The molecule has 0 bridgehead atoms. The van der Waals surface area contributed by atoms with Gasteiger partial charge < -0.3 is 5.73 Å². The summed E-state index contributed by atoms with van der Waals surface area (Å²) in [5.41, 5.74) is 5.71. The minimum Gasteiger partial charge on any atom is -0.381 e. The summed E-state index contributed by atoms with van der Waals surface area (Å²) in [6.07, 6.45) is 3.36. The predicted octanol–water partition coefficient (Wildman–Crippen LogP) is 1.22. The highest BCUT2D eigenvalue weighted by atomic mass is 32.1. The monoisotopic (exact) mass is 203 g/mol. The zero-order valence-electron chi connectivity index (χ0n) is 7.01. The lowest BCUT2D eigenvalue weighted by Crippen LogP contribution is -1.90. The topological polar surface area (TPSA) is 77.6 Å². The molecule has 0 aromatic carbocycles. The molecule has 0 saturated heterocycles. The number of hydrogen-bond donors (Lipinski definition) is 1. The van der Waals surface area contributed by atoms with Crippen LogP contribution in [0.5, 0.6) is 0 Å². The van der Waals surface area contributed by atoms with Gasteiger partial charge in [0, 0.05) is 10.8 Å². The van der Waals surface area contributed by atoms with E-state index in [0.717, 1.165) is 20.3 Å². The summed E-state index contributed by atoms with van der Waals surface area (Å²) in [6.45, 7) is 0. The fraction of sp³-hybridized carbons (Fsp3) is 0. The van der Waals surface area contributed by atoms with Crippen LogP contribution in [-0.2, 0) is 0 Å². The van der Waals surface area contributed by atoms with Gasteiger partial charge in [-0.25, -0.2) is 0 Å². The fourth-order valence-corrected chi connectivity index (χ4v) is 2.37. The zero-order valence-corrected chi connectivity index (χ0v) is 7.82. The average Bonchev–Trinajstić information content (AvgIpc) is 2.59. The van der Waals surface area contributed by atoms with Crippen molar-refractivity contribution in [1.29, 1.82) is 0 Å². The van der Waals surface area contributed by atoms with Crippen LogP contribution in [0.4, 0.5) is 5.82 Å². The molecule has 68 valence electrons. The average molecular weight is 203 g/mol. The summed E-state index contributed by atoms with van der Waals surface area (Å²) >= 11 is 1.49. The SMILES string of the molecule is Nc1nncc2c1sc1nnccc12. The van der Waals surface area contributed by atoms with E-state index >= 15 is 0 Å². The minimum atomic E-state index is 0.450. The van der Waals surface area contributed by atoms with E-state index in [1.165, 1.54) is 11.3 Å². The van der Waals surface area contributed by atoms with Gasteiger partial charge >= 0.3 is 0 Å². The van der Waals surface area contributed by atoms with Crippen molar-refractivity contribution in [2.45, 2.75) is 0 Å². The highest BCUT2D eigenvalue weighted by Gasteiger charge is 2.08. The van der Waals surface area contributed by atoms with E-state index < -0.39 is 0 Å². The fourth-order valence-electron chi connectivity index (χ4n) is 1.39. The molecule has 0 amide bonds. The first-order chi connectivity index (χ1) is 6.86. The summed E-state index contributed by atoms with van der Waals surface area (Å²) in [4.78, 5) is 0.865. The molecule has 0 spiro atoms. The van der Waals surface area contributed by atoms with Crippen LogP contribution in [0.1, 0.15) is 0 Å². The van der Waals surface area contributed by atoms with Gasteiger partial charge in [0.1, 0.15) is 4.83 Å². The largest absolute Gasteiger partial charge is 0.381 e. The van der Waals surface area contributed by atoms with Crippen LogP contribution in [-0.4, -0.2) is 20.4 Å². The Morgan fingerprint density at radius 3 is 3.00 bits per heavy atom. The molecule has 0 aliphatic carbocycles. The first-order valence-corrected chi connectivity index (χ1v) is 4.79. The molecule has 14 heavy (non-hydrogen) atoms. The van der Waals surface area contributed by atoms with Gasteiger partial charge in [0.2, 0.25) is 0 Å². The molecule has 0 fully saturated rings. The summed E-state index contributed by atoms with van der Waals surface area (Å²) < 4.78 is 0.926. The van der Waals surface area contributed by atoms with Crippen LogP contribution in [0.3, 0.4) is 0 Å². The van der Waals surface area contributed by atoms with Gasteiger partial charge in [-0.15, -0.1) is 21.5 Å². The van der Waals surface area contributed by atoms with Crippen molar-refractivity contribution in [3.8, 4) is 0 Å². The number of rotatable bonds is 0. The molecular formula is C8H5N5S. The molecule has 0 aliphatic heterocycles. The van der Waals surface area contributed by atoms with Crippen LogP contribution >= 0.6 is 11.3 Å². The Balaban J connectivity index is 2.63. The molecule has 0 radical (unpaired) electrons. The molecule has 3 aromatic rings. The maximum atomic E-state index is 5.71. The third-order valence-corrected chi connectivity index (χ3v) is 3.13. The molecule has 3 rings (SSSR count). The summed E-state index contributed by atoms with van der Waals surface area (Å²) in [6, 6.07) is 1.91. The Kier molecular flexibility index (Phi) is 1.40. The maximum Gasteiger partial charge on any atom is 0.164 e. The molecule has 0 unspecified atom stereocenters. The van der Waals surface area contributed by atoms with E-state index in [1.54, 1.807) is 12.4 Å². The molecule has 0 atom stereocenters. The van der Waals surface area contributed by atoms with Crippen molar-refractivity contribution < 1.29 is 0 Å². The number of aromatic nitrogens is 4. The molecule has 0 aliphatic rings. The van der Waals surface area contributed by atoms with Gasteiger partial charge in [0.25, 0.3) is 0 Å². The number of nitrogen functional groups attached to an aromatic ring is 1. The van der Waals surface area contributed by atoms with E-state index in [0.29, 0.717) is 5.82 Å². The Morgan fingerprint density at radius 1 is 1.14 bits per heavy atom. The second-order valence-corrected chi connectivity index (χ2v) is 3.82. The van der Waals surface area contributed by atoms with Gasteiger partial charge in [-0.1, -0.05) is 0 Å².